The maximum atomic E-state index is 12.1. The summed E-state index contributed by atoms with van der Waals surface area (Å²) in [5, 5.41) is -1.35. The van der Waals surface area contributed by atoms with Crippen molar-refractivity contribution < 1.29 is 13.2 Å². The van der Waals surface area contributed by atoms with Crippen LogP contribution in [0.1, 0.15) is 5.56 Å². The fraction of sp³-hybridized carbons (Fsp3) is 0.222. The Bertz CT molecular complexity index is 401. The van der Waals surface area contributed by atoms with Crippen LogP contribution in [0.3, 0.4) is 0 Å². The summed E-state index contributed by atoms with van der Waals surface area (Å²) >= 11 is 7.03. The minimum atomic E-state index is -4.59. The van der Waals surface area contributed by atoms with Gasteiger partial charge in [0.25, 0.3) is 0 Å². The summed E-state index contributed by atoms with van der Waals surface area (Å²) < 4.78 is 37.1. The molecule has 0 amide bonds. The van der Waals surface area contributed by atoms with E-state index in [0.29, 0.717) is 5.56 Å². The van der Waals surface area contributed by atoms with Crippen molar-refractivity contribution in [2.45, 2.75) is 13.1 Å². The van der Waals surface area contributed by atoms with Gasteiger partial charge in [-0.1, -0.05) is 17.7 Å². The Morgan fingerprint density at radius 2 is 2.00 bits per heavy atom. The average molecular weight is 348 g/mol. The molecule has 0 aliphatic heterocycles. The Labute approximate surface area is 103 Å². The van der Waals surface area contributed by atoms with Crippen LogP contribution in [-0.2, 0) is 0 Å². The molecule has 0 unspecified atom stereocenters. The standard InChI is InChI=1S/C9H6ClF3IN/c1-5-2-3-6(14)4-7(5)15-8(10)9(11,12)13/h2-4H,1H3. The molecule has 0 saturated heterocycles. The average Bonchev–Trinajstić information content (AvgIpc) is 2.09. The van der Waals surface area contributed by atoms with Crippen molar-refractivity contribution >= 4 is 45.1 Å². The van der Waals surface area contributed by atoms with E-state index in [2.05, 4.69) is 4.99 Å². The van der Waals surface area contributed by atoms with Crippen LogP contribution >= 0.6 is 34.2 Å². The quantitative estimate of drug-likeness (QED) is 0.526. The van der Waals surface area contributed by atoms with Crippen molar-refractivity contribution in [2.75, 3.05) is 0 Å². The molecule has 0 atom stereocenters. The molecule has 1 aromatic rings. The highest BCUT2D eigenvalue weighted by Gasteiger charge is 2.34. The van der Waals surface area contributed by atoms with Crippen LogP contribution in [-0.4, -0.2) is 11.3 Å². The first kappa shape index (κ1) is 12.8. The van der Waals surface area contributed by atoms with Crippen LogP contribution in [0.15, 0.2) is 23.2 Å². The summed E-state index contributed by atoms with van der Waals surface area (Å²) in [5.74, 6) is 0. The van der Waals surface area contributed by atoms with E-state index in [1.807, 2.05) is 22.6 Å². The minimum absolute atomic E-state index is 0.240. The third kappa shape index (κ3) is 3.64. The van der Waals surface area contributed by atoms with E-state index in [9.17, 15) is 13.2 Å². The van der Waals surface area contributed by atoms with Gasteiger partial charge in [0.15, 0.2) is 0 Å². The van der Waals surface area contributed by atoms with Crippen LogP contribution in [0.5, 0.6) is 0 Å². The van der Waals surface area contributed by atoms with Gasteiger partial charge in [-0.05, 0) is 47.2 Å². The van der Waals surface area contributed by atoms with Gasteiger partial charge < -0.3 is 0 Å². The third-order valence-corrected chi connectivity index (χ3v) is 2.59. The SMILES string of the molecule is Cc1ccc(I)cc1N=C(Cl)C(F)(F)F. The van der Waals surface area contributed by atoms with Crippen molar-refractivity contribution in [3.8, 4) is 0 Å². The van der Waals surface area contributed by atoms with E-state index in [1.165, 1.54) is 0 Å². The first-order valence-electron chi connectivity index (χ1n) is 3.88. The van der Waals surface area contributed by atoms with Crippen molar-refractivity contribution in [1.29, 1.82) is 0 Å². The Hall–Kier alpha value is -0.300. The van der Waals surface area contributed by atoms with Gasteiger partial charge in [0.2, 0.25) is 5.17 Å². The van der Waals surface area contributed by atoms with Gasteiger partial charge in [-0.15, -0.1) is 0 Å². The molecule has 0 fully saturated rings. The van der Waals surface area contributed by atoms with Crippen LogP contribution in [0.25, 0.3) is 0 Å². The first-order valence-corrected chi connectivity index (χ1v) is 5.34. The zero-order valence-electron chi connectivity index (χ0n) is 7.57. The number of alkyl halides is 3. The molecule has 0 saturated carbocycles. The topological polar surface area (TPSA) is 12.4 Å². The predicted molar refractivity (Wildman–Crippen MR) is 62.9 cm³/mol. The van der Waals surface area contributed by atoms with Gasteiger partial charge in [0.05, 0.1) is 5.69 Å². The number of rotatable bonds is 1. The minimum Gasteiger partial charge on any atom is -0.232 e. The summed E-state index contributed by atoms with van der Waals surface area (Å²) in [5.41, 5.74) is 0.891. The number of hydrogen-bond acceptors (Lipinski definition) is 1. The van der Waals surface area contributed by atoms with Crippen LogP contribution in [0.2, 0.25) is 0 Å². The second-order valence-electron chi connectivity index (χ2n) is 2.83. The largest absolute Gasteiger partial charge is 0.444 e. The van der Waals surface area contributed by atoms with Gasteiger partial charge in [0, 0.05) is 3.57 Å². The zero-order chi connectivity index (χ0) is 11.6. The van der Waals surface area contributed by atoms with Gasteiger partial charge in [-0.25, -0.2) is 4.99 Å². The molecule has 15 heavy (non-hydrogen) atoms. The summed E-state index contributed by atoms with van der Waals surface area (Å²) in [7, 11) is 0. The number of aryl methyl sites for hydroxylation is 1. The van der Waals surface area contributed by atoms with Crippen molar-refractivity contribution in [3.05, 3.63) is 27.3 Å². The molecule has 1 nitrogen and oxygen atoms in total. The maximum absolute atomic E-state index is 12.1. The highest BCUT2D eigenvalue weighted by Crippen LogP contribution is 2.26. The van der Waals surface area contributed by atoms with Crippen LogP contribution in [0, 0.1) is 10.5 Å². The highest BCUT2D eigenvalue weighted by atomic mass is 127. The lowest BCUT2D eigenvalue weighted by Crippen LogP contribution is -2.16. The molecule has 0 aliphatic carbocycles. The zero-order valence-corrected chi connectivity index (χ0v) is 10.5. The van der Waals surface area contributed by atoms with E-state index in [-0.39, 0.29) is 5.69 Å². The third-order valence-electron chi connectivity index (χ3n) is 1.62. The monoisotopic (exact) mass is 347 g/mol. The van der Waals surface area contributed by atoms with E-state index in [0.717, 1.165) is 3.57 Å². The van der Waals surface area contributed by atoms with Crippen molar-refractivity contribution in [3.63, 3.8) is 0 Å². The van der Waals surface area contributed by atoms with Gasteiger partial charge in [0.1, 0.15) is 0 Å². The second-order valence-corrected chi connectivity index (χ2v) is 4.43. The number of halogens is 5. The highest BCUT2D eigenvalue weighted by molar-refractivity contribution is 14.1. The summed E-state index contributed by atoms with van der Waals surface area (Å²) in [4.78, 5) is 3.34. The molecule has 0 heterocycles. The number of nitrogens with zero attached hydrogens (tertiary/aromatic N) is 1. The lowest BCUT2D eigenvalue weighted by Gasteiger charge is -2.05. The Morgan fingerprint density at radius 1 is 1.40 bits per heavy atom. The number of hydrogen-bond donors (Lipinski definition) is 0. The molecule has 6 heteroatoms. The van der Waals surface area contributed by atoms with Gasteiger partial charge in [-0.3, -0.25) is 0 Å². The normalized spacial score (nSPS) is 13.1. The molecule has 0 aliphatic rings. The molecule has 0 aromatic heterocycles. The van der Waals surface area contributed by atoms with E-state index in [1.54, 1.807) is 25.1 Å². The summed E-state index contributed by atoms with van der Waals surface area (Å²) in [6.45, 7) is 1.68. The molecule has 0 N–H and O–H groups in total. The van der Waals surface area contributed by atoms with E-state index < -0.39 is 11.3 Å². The van der Waals surface area contributed by atoms with Crippen molar-refractivity contribution in [2.24, 2.45) is 4.99 Å². The van der Waals surface area contributed by atoms with Crippen LogP contribution < -0.4 is 0 Å². The molecule has 0 spiro atoms. The van der Waals surface area contributed by atoms with Gasteiger partial charge >= 0.3 is 6.18 Å². The van der Waals surface area contributed by atoms with E-state index >= 15 is 0 Å². The Morgan fingerprint density at radius 3 is 2.53 bits per heavy atom. The summed E-state index contributed by atoms with van der Waals surface area (Å²) in [6.07, 6.45) is -4.59. The Balaban J connectivity index is 3.13. The molecule has 1 rings (SSSR count). The number of benzene rings is 1. The molecular weight excluding hydrogens is 341 g/mol. The lowest BCUT2D eigenvalue weighted by molar-refractivity contribution is -0.0558. The van der Waals surface area contributed by atoms with E-state index in [4.69, 9.17) is 11.6 Å². The molecule has 0 radical (unpaired) electrons. The number of aliphatic imine (C=N–C) groups is 1. The maximum Gasteiger partial charge on any atom is 0.444 e. The summed E-state index contributed by atoms with van der Waals surface area (Å²) in [6, 6.07) is 5.03. The first-order chi connectivity index (χ1) is 6.80. The molecule has 82 valence electrons. The molecule has 1 aromatic carbocycles. The predicted octanol–water partition coefficient (Wildman–Crippen LogP) is 4.43. The molecular formula is C9H6ClF3IN. The second kappa shape index (κ2) is 4.69. The molecule has 0 bridgehead atoms. The van der Waals surface area contributed by atoms with Crippen LogP contribution in [0.4, 0.5) is 18.9 Å². The van der Waals surface area contributed by atoms with Gasteiger partial charge in [-0.2, -0.15) is 13.2 Å². The lowest BCUT2D eigenvalue weighted by atomic mass is 10.2. The smallest absolute Gasteiger partial charge is 0.232 e. The Kier molecular flexibility index (Phi) is 3.99. The van der Waals surface area contributed by atoms with Crippen molar-refractivity contribution in [1.82, 2.24) is 0 Å². The fourth-order valence-electron chi connectivity index (χ4n) is 0.872. The fourth-order valence-corrected chi connectivity index (χ4v) is 1.44.